The molecule has 0 aromatic heterocycles. The van der Waals surface area contributed by atoms with Gasteiger partial charge in [-0.05, 0) is 38.1 Å². The molecule has 4 heteroatoms. The third-order valence-corrected chi connectivity index (χ3v) is 2.44. The van der Waals surface area contributed by atoms with Crippen LogP contribution in [0.4, 0.5) is 4.39 Å². The van der Waals surface area contributed by atoms with Crippen LogP contribution < -0.4 is 5.32 Å². The maximum absolute atomic E-state index is 12.7. The lowest BCUT2D eigenvalue weighted by molar-refractivity contribution is 0.506. The molecule has 0 saturated carbocycles. The lowest BCUT2D eigenvalue weighted by atomic mass is 10.1. The van der Waals surface area contributed by atoms with E-state index in [9.17, 15) is 4.39 Å². The van der Waals surface area contributed by atoms with Crippen LogP contribution in [0.25, 0.3) is 0 Å². The SMILES string of the molecule is CC1(C)N=C(c2ccc(F)cc2)C(=S)N1. The van der Waals surface area contributed by atoms with Gasteiger partial charge in [-0.3, -0.25) is 4.99 Å². The predicted molar refractivity (Wildman–Crippen MR) is 62.7 cm³/mol. The Labute approximate surface area is 93.2 Å². The highest BCUT2D eigenvalue weighted by molar-refractivity contribution is 7.82. The van der Waals surface area contributed by atoms with E-state index in [0.29, 0.717) is 4.99 Å². The van der Waals surface area contributed by atoms with Crippen molar-refractivity contribution < 1.29 is 4.39 Å². The van der Waals surface area contributed by atoms with Gasteiger partial charge in [-0.15, -0.1) is 0 Å². The molecule has 0 radical (unpaired) electrons. The lowest BCUT2D eigenvalue weighted by Gasteiger charge is -2.13. The van der Waals surface area contributed by atoms with Gasteiger partial charge in [-0.2, -0.15) is 0 Å². The largest absolute Gasteiger partial charge is 0.351 e. The molecule has 1 heterocycles. The van der Waals surface area contributed by atoms with Crippen molar-refractivity contribution in [3.8, 4) is 0 Å². The van der Waals surface area contributed by atoms with Gasteiger partial charge in [0.1, 0.15) is 22.2 Å². The topological polar surface area (TPSA) is 24.4 Å². The van der Waals surface area contributed by atoms with Crippen LogP contribution in [-0.2, 0) is 0 Å². The first-order valence-corrected chi connectivity index (χ1v) is 5.07. The number of halogens is 1. The first-order valence-electron chi connectivity index (χ1n) is 4.66. The van der Waals surface area contributed by atoms with E-state index >= 15 is 0 Å². The first-order chi connectivity index (χ1) is 6.98. The molecule has 2 rings (SSSR count). The van der Waals surface area contributed by atoms with E-state index in [1.54, 1.807) is 12.1 Å². The normalized spacial score (nSPS) is 18.6. The monoisotopic (exact) mass is 222 g/mol. The minimum absolute atomic E-state index is 0.254. The summed E-state index contributed by atoms with van der Waals surface area (Å²) >= 11 is 5.17. The molecule has 0 atom stereocenters. The van der Waals surface area contributed by atoms with Gasteiger partial charge in [0.2, 0.25) is 0 Å². The van der Waals surface area contributed by atoms with Crippen molar-refractivity contribution in [2.24, 2.45) is 4.99 Å². The Balaban J connectivity index is 2.40. The number of thiocarbonyl (C=S) groups is 1. The van der Waals surface area contributed by atoms with Gasteiger partial charge in [-0.1, -0.05) is 12.2 Å². The minimum Gasteiger partial charge on any atom is -0.351 e. The summed E-state index contributed by atoms with van der Waals surface area (Å²) in [6.07, 6.45) is 0. The molecule has 0 amide bonds. The van der Waals surface area contributed by atoms with Crippen LogP contribution in [0, 0.1) is 5.82 Å². The van der Waals surface area contributed by atoms with E-state index in [4.69, 9.17) is 12.2 Å². The number of hydrogen-bond acceptors (Lipinski definition) is 2. The number of aliphatic imine (C=N–C) groups is 1. The van der Waals surface area contributed by atoms with Crippen LogP contribution in [0.1, 0.15) is 19.4 Å². The summed E-state index contributed by atoms with van der Waals surface area (Å²) in [5.74, 6) is -0.254. The van der Waals surface area contributed by atoms with Crippen molar-refractivity contribution in [2.75, 3.05) is 0 Å². The quantitative estimate of drug-likeness (QED) is 0.737. The second-order valence-corrected chi connectivity index (χ2v) is 4.39. The molecule has 78 valence electrons. The molecular weight excluding hydrogens is 211 g/mol. The Morgan fingerprint density at radius 1 is 1.27 bits per heavy atom. The van der Waals surface area contributed by atoms with Gasteiger partial charge in [-0.25, -0.2) is 4.39 Å². The highest BCUT2D eigenvalue weighted by Crippen LogP contribution is 2.17. The van der Waals surface area contributed by atoms with Crippen molar-refractivity contribution in [1.82, 2.24) is 5.32 Å². The van der Waals surface area contributed by atoms with Gasteiger partial charge in [0.15, 0.2) is 0 Å². The molecule has 0 fully saturated rings. The second kappa shape index (κ2) is 3.38. The molecule has 0 bridgehead atoms. The predicted octanol–water partition coefficient (Wildman–Crippen LogP) is 2.28. The lowest BCUT2D eigenvalue weighted by Crippen LogP contribution is -2.35. The number of benzene rings is 1. The first kappa shape index (κ1) is 10.2. The summed E-state index contributed by atoms with van der Waals surface area (Å²) in [5.41, 5.74) is 1.22. The van der Waals surface area contributed by atoms with Crippen molar-refractivity contribution in [3.05, 3.63) is 35.6 Å². The average molecular weight is 222 g/mol. The van der Waals surface area contributed by atoms with Crippen LogP contribution in [-0.4, -0.2) is 16.4 Å². The van der Waals surface area contributed by atoms with Gasteiger partial charge in [0, 0.05) is 5.56 Å². The Morgan fingerprint density at radius 3 is 2.33 bits per heavy atom. The van der Waals surface area contributed by atoms with E-state index in [1.165, 1.54) is 12.1 Å². The van der Waals surface area contributed by atoms with E-state index in [-0.39, 0.29) is 11.5 Å². The van der Waals surface area contributed by atoms with Crippen LogP contribution >= 0.6 is 12.2 Å². The smallest absolute Gasteiger partial charge is 0.127 e. The Bertz CT molecular complexity index is 434. The van der Waals surface area contributed by atoms with Gasteiger partial charge < -0.3 is 5.32 Å². The fourth-order valence-electron chi connectivity index (χ4n) is 1.50. The van der Waals surface area contributed by atoms with Gasteiger partial charge >= 0.3 is 0 Å². The van der Waals surface area contributed by atoms with E-state index in [0.717, 1.165) is 11.3 Å². The molecule has 0 aliphatic carbocycles. The number of nitrogens with one attached hydrogen (secondary N) is 1. The fourth-order valence-corrected chi connectivity index (χ4v) is 1.91. The number of nitrogens with zero attached hydrogens (tertiary/aromatic N) is 1. The zero-order valence-corrected chi connectivity index (χ0v) is 9.36. The zero-order chi connectivity index (χ0) is 11.1. The maximum Gasteiger partial charge on any atom is 0.127 e. The molecule has 2 nitrogen and oxygen atoms in total. The van der Waals surface area contributed by atoms with Crippen LogP contribution in [0.3, 0.4) is 0 Å². The molecule has 0 spiro atoms. The summed E-state index contributed by atoms with van der Waals surface area (Å²) in [7, 11) is 0. The standard InChI is InChI=1S/C11H11FN2S/c1-11(2)13-9(10(15)14-11)7-3-5-8(12)6-4-7/h3-6H,1-2H3,(H,14,15). The molecule has 1 aliphatic heterocycles. The molecule has 1 N–H and O–H groups in total. The molecule has 15 heavy (non-hydrogen) atoms. The molecule has 0 saturated heterocycles. The van der Waals surface area contributed by atoms with Crippen molar-refractivity contribution in [1.29, 1.82) is 0 Å². The number of rotatable bonds is 1. The van der Waals surface area contributed by atoms with Crippen LogP contribution in [0.15, 0.2) is 29.3 Å². The third-order valence-electron chi connectivity index (χ3n) is 2.14. The maximum atomic E-state index is 12.7. The highest BCUT2D eigenvalue weighted by atomic mass is 32.1. The summed E-state index contributed by atoms with van der Waals surface area (Å²) in [5, 5.41) is 3.09. The molecule has 1 aromatic carbocycles. The minimum atomic E-state index is -0.360. The van der Waals surface area contributed by atoms with Gasteiger partial charge in [0.25, 0.3) is 0 Å². The Hall–Kier alpha value is -1.29. The summed E-state index contributed by atoms with van der Waals surface area (Å²) in [6, 6.07) is 6.19. The van der Waals surface area contributed by atoms with Crippen LogP contribution in [0.5, 0.6) is 0 Å². The summed E-state index contributed by atoms with van der Waals surface area (Å²) < 4.78 is 12.7. The van der Waals surface area contributed by atoms with Crippen LogP contribution in [0.2, 0.25) is 0 Å². The third kappa shape index (κ3) is 2.04. The molecule has 0 unspecified atom stereocenters. The Morgan fingerprint density at radius 2 is 1.87 bits per heavy atom. The zero-order valence-electron chi connectivity index (χ0n) is 8.54. The average Bonchev–Trinajstić information content (AvgIpc) is 2.41. The van der Waals surface area contributed by atoms with Gasteiger partial charge in [0.05, 0.1) is 0 Å². The van der Waals surface area contributed by atoms with E-state index in [2.05, 4.69) is 10.3 Å². The fraction of sp³-hybridized carbons (Fsp3) is 0.273. The van der Waals surface area contributed by atoms with E-state index in [1.807, 2.05) is 13.8 Å². The second-order valence-electron chi connectivity index (χ2n) is 3.98. The van der Waals surface area contributed by atoms with E-state index < -0.39 is 0 Å². The van der Waals surface area contributed by atoms with Crippen molar-refractivity contribution in [3.63, 3.8) is 0 Å². The highest BCUT2D eigenvalue weighted by Gasteiger charge is 2.28. The number of hydrogen-bond donors (Lipinski definition) is 1. The molecular formula is C11H11FN2S. The molecule has 1 aliphatic rings. The van der Waals surface area contributed by atoms with Crippen molar-refractivity contribution in [2.45, 2.75) is 19.5 Å². The summed E-state index contributed by atoms with van der Waals surface area (Å²) in [4.78, 5) is 5.06. The Kier molecular flexibility index (Phi) is 2.31. The van der Waals surface area contributed by atoms with Crippen molar-refractivity contribution >= 4 is 22.9 Å². The summed E-state index contributed by atoms with van der Waals surface area (Å²) in [6.45, 7) is 3.88. The molecule has 1 aromatic rings.